The summed E-state index contributed by atoms with van der Waals surface area (Å²) < 4.78 is 34.9. The lowest BCUT2D eigenvalue weighted by molar-refractivity contribution is 0.174. The van der Waals surface area contributed by atoms with E-state index in [9.17, 15) is 8.42 Å². The first-order chi connectivity index (χ1) is 13.7. The van der Waals surface area contributed by atoms with Crippen LogP contribution in [0.25, 0.3) is 0 Å². The van der Waals surface area contributed by atoms with Gasteiger partial charge >= 0.3 is 0 Å². The molecular weight excluding hydrogens is 392 g/mol. The standard InChI is InChI=1S/C20H26N4O4S/c1-20(2,3)29(25,26)19-7-6-18(21-22-19)24-10-8-23(9-11-24)13-15-4-5-16-17(12-15)28-14-27-16/h4-7,12H,8-11,13-14H2,1-3H3. The highest BCUT2D eigenvalue weighted by molar-refractivity contribution is 7.92. The van der Waals surface area contributed by atoms with E-state index in [1.807, 2.05) is 12.1 Å². The third kappa shape index (κ3) is 4.02. The molecule has 2 aliphatic rings. The monoisotopic (exact) mass is 418 g/mol. The summed E-state index contributed by atoms with van der Waals surface area (Å²) in [5.41, 5.74) is 1.19. The lowest BCUT2D eigenvalue weighted by Gasteiger charge is -2.35. The van der Waals surface area contributed by atoms with E-state index in [4.69, 9.17) is 9.47 Å². The van der Waals surface area contributed by atoms with Gasteiger partial charge in [0.05, 0.1) is 4.75 Å². The summed E-state index contributed by atoms with van der Waals surface area (Å²) in [5.74, 6) is 2.32. The Morgan fingerprint density at radius 3 is 2.34 bits per heavy atom. The van der Waals surface area contributed by atoms with E-state index in [-0.39, 0.29) is 11.8 Å². The molecule has 1 saturated heterocycles. The Kier molecular flexibility index (Phi) is 5.12. The van der Waals surface area contributed by atoms with Crippen molar-refractivity contribution >= 4 is 15.7 Å². The second kappa shape index (κ2) is 7.46. The second-order valence-corrected chi connectivity index (χ2v) is 10.9. The van der Waals surface area contributed by atoms with E-state index >= 15 is 0 Å². The molecule has 0 spiro atoms. The Balaban J connectivity index is 1.36. The first kappa shape index (κ1) is 19.9. The molecule has 0 unspecified atom stereocenters. The molecule has 1 aromatic carbocycles. The fourth-order valence-electron chi connectivity index (χ4n) is 3.37. The van der Waals surface area contributed by atoms with E-state index in [0.29, 0.717) is 5.82 Å². The Hall–Kier alpha value is -2.39. The number of ether oxygens (including phenoxy) is 2. The molecule has 3 heterocycles. The van der Waals surface area contributed by atoms with Gasteiger partial charge in [-0.2, -0.15) is 0 Å². The number of nitrogens with zero attached hydrogens (tertiary/aromatic N) is 4. The minimum absolute atomic E-state index is 0.0233. The number of hydrogen-bond acceptors (Lipinski definition) is 8. The minimum atomic E-state index is -3.49. The molecule has 8 nitrogen and oxygen atoms in total. The van der Waals surface area contributed by atoms with Gasteiger partial charge in [0.2, 0.25) is 16.6 Å². The smallest absolute Gasteiger partial charge is 0.231 e. The molecule has 2 aromatic rings. The molecule has 2 aliphatic heterocycles. The summed E-state index contributed by atoms with van der Waals surface area (Å²) in [6.07, 6.45) is 0. The normalized spacial score (nSPS) is 17.6. The molecule has 0 bridgehead atoms. The molecule has 0 atom stereocenters. The van der Waals surface area contributed by atoms with Gasteiger partial charge in [-0.1, -0.05) is 6.07 Å². The minimum Gasteiger partial charge on any atom is -0.454 e. The van der Waals surface area contributed by atoms with Gasteiger partial charge in [0.1, 0.15) is 0 Å². The predicted molar refractivity (Wildman–Crippen MR) is 109 cm³/mol. The fraction of sp³-hybridized carbons (Fsp3) is 0.500. The number of sulfone groups is 1. The first-order valence-corrected chi connectivity index (χ1v) is 11.2. The van der Waals surface area contributed by atoms with Crippen LogP contribution in [-0.2, 0) is 16.4 Å². The average Bonchev–Trinajstić information content (AvgIpc) is 3.16. The number of anilines is 1. The lowest BCUT2D eigenvalue weighted by atomic mass is 10.1. The summed E-state index contributed by atoms with van der Waals surface area (Å²) in [6.45, 7) is 9.52. The van der Waals surface area contributed by atoms with Gasteiger partial charge in [0.15, 0.2) is 22.3 Å². The zero-order chi connectivity index (χ0) is 20.6. The zero-order valence-corrected chi connectivity index (χ0v) is 17.8. The van der Waals surface area contributed by atoms with Gasteiger partial charge < -0.3 is 14.4 Å². The molecule has 0 amide bonds. The van der Waals surface area contributed by atoms with Gasteiger partial charge in [-0.3, -0.25) is 4.90 Å². The molecule has 29 heavy (non-hydrogen) atoms. The summed E-state index contributed by atoms with van der Waals surface area (Å²) in [6, 6.07) is 9.37. The van der Waals surface area contributed by atoms with Crippen molar-refractivity contribution in [2.24, 2.45) is 0 Å². The maximum atomic E-state index is 12.5. The van der Waals surface area contributed by atoms with Gasteiger partial charge in [-0.15, -0.1) is 10.2 Å². The first-order valence-electron chi connectivity index (χ1n) is 9.68. The largest absolute Gasteiger partial charge is 0.454 e. The van der Waals surface area contributed by atoms with Crippen molar-refractivity contribution in [3.05, 3.63) is 35.9 Å². The average molecular weight is 419 g/mol. The summed E-state index contributed by atoms with van der Waals surface area (Å²) in [5, 5.41) is 8.19. The molecule has 0 N–H and O–H groups in total. The Morgan fingerprint density at radius 2 is 1.69 bits per heavy atom. The molecule has 156 valence electrons. The van der Waals surface area contributed by atoms with Crippen molar-refractivity contribution in [1.82, 2.24) is 15.1 Å². The van der Waals surface area contributed by atoms with Crippen LogP contribution in [0, 0.1) is 0 Å². The van der Waals surface area contributed by atoms with Crippen LogP contribution in [0.15, 0.2) is 35.4 Å². The van der Waals surface area contributed by atoms with E-state index in [1.165, 1.54) is 5.56 Å². The maximum Gasteiger partial charge on any atom is 0.231 e. The molecule has 0 radical (unpaired) electrons. The number of fused-ring (bicyclic) bond motifs is 1. The molecule has 0 saturated carbocycles. The number of rotatable bonds is 4. The van der Waals surface area contributed by atoms with E-state index in [1.54, 1.807) is 32.9 Å². The molecule has 9 heteroatoms. The summed E-state index contributed by atoms with van der Waals surface area (Å²) in [7, 11) is -3.49. The van der Waals surface area contributed by atoms with Crippen LogP contribution in [0.1, 0.15) is 26.3 Å². The van der Waals surface area contributed by atoms with Crippen molar-refractivity contribution in [3.63, 3.8) is 0 Å². The molecule has 1 fully saturated rings. The van der Waals surface area contributed by atoms with Crippen molar-refractivity contribution < 1.29 is 17.9 Å². The highest BCUT2D eigenvalue weighted by Gasteiger charge is 2.32. The van der Waals surface area contributed by atoms with Crippen LogP contribution < -0.4 is 14.4 Å². The van der Waals surface area contributed by atoms with Crippen molar-refractivity contribution in [1.29, 1.82) is 0 Å². The lowest BCUT2D eigenvalue weighted by Crippen LogP contribution is -2.46. The number of hydrogen-bond donors (Lipinski definition) is 0. The van der Waals surface area contributed by atoms with Gasteiger partial charge in [0.25, 0.3) is 0 Å². The van der Waals surface area contributed by atoms with E-state index in [2.05, 4.69) is 26.1 Å². The van der Waals surface area contributed by atoms with Crippen LogP contribution in [-0.4, -0.2) is 61.2 Å². The zero-order valence-electron chi connectivity index (χ0n) is 17.0. The van der Waals surface area contributed by atoms with Crippen molar-refractivity contribution in [2.75, 3.05) is 37.9 Å². The number of benzene rings is 1. The Morgan fingerprint density at radius 1 is 0.966 bits per heavy atom. The van der Waals surface area contributed by atoms with Crippen LogP contribution in [0.2, 0.25) is 0 Å². The van der Waals surface area contributed by atoms with Crippen LogP contribution >= 0.6 is 0 Å². The summed E-state index contributed by atoms with van der Waals surface area (Å²) in [4.78, 5) is 4.51. The van der Waals surface area contributed by atoms with Gasteiger partial charge in [0, 0.05) is 32.7 Å². The molecule has 1 aromatic heterocycles. The Bertz CT molecular complexity index is 979. The number of piperazine rings is 1. The maximum absolute atomic E-state index is 12.5. The van der Waals surface area contributed by atoms with Crippen LogP contribution in [0.4, 0.5) is 5.82 Å². The summed E-state index contributed by atoms with van der Waals surface area (Å²) >= 11 is 0. The SMILES string of the molecule is CC(C)(C)S(=O)(=O)c1ccc(N2CCN(Cc3ccc4c(c3)OCO4)CC2)nn1. The number of aromatic nitrogens is 2. The van der Waals surface area contributed by atoms with Gasteiger partial charge in [-0.25, -0.2) is 8.42 Å². The fourth-order valence-corrected chi connectivity index (χ4v) is 4.39. The molecule has 0 aliphatic carbocycles. The second-order valence-electron chi connectivity index (χ2n) is 8.30. The third-order valence-corrected chi connectivity index (χ3v) is 7.63. The van der Waals surface area contributed by atoms with Crippen LogP contribution in [0.5, 0.6) is 11.5 Å². The van der Waals surface area contributed by atoms with Crippen molar-refractivity contribution in [3.8, 4) is 11.5 Å². The molecular formula is C20H26N4O4S. The molecule has 4 rings (SSSR count). The van der Waals surface area contributed by atoms with E-state index in [0.717, 1.165) is 44.2 Å². The third-order valence-electron chi connectivity index (χ3n) is 5.25. The van der Waals surface area contributed by atoms with E-state index < -0.39 is 14.6 Å². The highest BCUT2D eigenvalue weighted by Crippen LogP contribution is 2.33. The topological polar surface area (TPSA) is 84.9 Å². The van der Waals surface area contributed by atoms with Crippen LogP contribution in [0.3, 0.4) is 0 Å². The highest BCUT2D eigenvalue weighted by atomic mass is 32.2. The van der Waals surface area contributed by atoms with Crippen molar-refractivity contribution in [2.45, 2.75) is 37.1 Å². The Labute approximate surface area is 171 Å². The quantitative estimate of drug-likeness (QED) is 0.746. The van der Waals surface area contributed by atoms with Gasteiger partial charge in [-0.05, 0) is 50.6 Å². The predicted octanol–water partition coefficient (Wildman–Crippen LogP) is 2.10.